The second kappa shape index (κ2) is 7.62. The molecule has 1 amide bonds. The van der Waals surface area contributed by atoms with Gasteiger partial charge in [-0.05, 0) is 32.4 Å². The van der Waals surface area contributed by atoms with Crippen LogP contribution in [0.5, 0.6) is 0 Å². The number of nitrogens with zero attached hydrogens (tertiary/aromatic N) is 2. The summed E-state index contributed by atoms with van der Waals surface area (Å²) >= 11 is 0. The molecule has 114 valence electrons. The molecular formula is C15H26N2O3. The molecule has 0 N–H and O–H groups in total. The molecule has 0 saturated carbocycles. The predicted octanol–water partition coefficient (Wildman–Crippen LogP) is 1.42. The zero-order valence-corrected chi connectivity index (χ0v) is 12.5. The van der Waals surface area contributed by atoms with Crippen molar-refractivity contribution >= 4 is 11.9 Å². The first-order valence-corrected chi connectivity index (χ1v) is 7.82. The second-order valence-corrected chi connectivity index (χ2v) is 5.89. The second-order valence-electron chi connectivity index (χ2n) is 5.89. The number of likely N-dealkylation sites (tertiary alicyclic amines) is 2. The Hall–Kier alpha value is -1.10. The molecule has 5 heteroatoms. The van der Waals surface area contributed by atoms with Crippen molar-refractivity contribution < 1.29 is 14.3 Å². The van der Waals surface area contributed by atoms with E-state index in [-0.39, 0.29) is 18.0 Å². The van der Waals surface area contributed by atoms with Gasteiger partial charge >= 0.3 is 5.97 Å². The maximum atomic E-state index is 11.7. The number of esters is 1. The lowest BCUT2D eigenvalue weighted by Crippen LogP contribution is -2.43. The summed E-state index contributed by atoms with van der Waals surface area (Å²) in [4.78, 5) is 27.2. The zero-order chi connectivity index (χ0) is 14.4. The molecule has 1 atom stereocenters. The summed E-state index contributed by atoms with van der Waals surface area (Å²) in [7, 11) is 0. The number of carbonyl (C=O) groups excluding carboxylic acids is 2. The van der Waals surface area contributed by atoms with E-state index in [1.807, 2.05) is 4.90 Å². The van der Waals surface area contributed by atoms with Crippen LogP contribution in [0.3, 0.4) is 0 Å². The average Bonchev–Trinajstić information content (AvgIpc) is 2.64. The minimum Gasteiger partial charge on any atom is -0.459 e. The first-order valence-electron chi connectivity index (χ1n) is 7.82. The Morgan fingerprint density at radius 1 is 1.10 bits per heavy atom. The molecule has 2 saturated heterocycles. The van der Waals surface area contributed by atoms with Crippen molar-refractivity contribution in [2.75, 3.05) is 32.7 Å². The molecule has 5 nitrogen and oxygen atoms in total. The van der Waals surface area contributed by atoms with E-state index in [1.165, 1.54) is 32.6 Å². The summed E-state index contributed by atoms with van der Waals surface area (Å²) in [6.45, 7) is 5.70. The molecule has 2 fully saturated rings. The lowest BCUT2D eigenvalue weighted by Gasteiger charge is -2.28. The van der Waals surface area contributed by atoms with Crippen molar-refractivity contribution in [1.82, 2.24) is 9.80 Å². The molecule has 2 heterocycles. The summed E-state index contributed by atoms with van der Waals surface area (Å²) in [6, 6.07) is 0. The summed E-state index contributed by atoms with van der Waals surface area (Å²) in [5, 5.41) is 0. The third-order valence-electron chi connectivity index (χ3n) is 4.09. The van der Waals surface area contributed by atoms with E-state index in [2.05, 4.69) is 4.90 Å². The molecule has 2 aliphatic heterocycles. The Labute approximate surface area is 121 Å². The number of hydrogen-bond donors (Lipinski definition) is 0. The van der Waals surface area contributed by atoms with Crippen molar-refractivity contribution in [2.45, 2.75) is 51.6 Å². The highest BCUT2D eigenvalue weighted by Crippen LogP contribution is 2.14. The average molecular weight is 282 g/mol. The standard InChI is InChI=1S/C15H26N2O3/c1-13(18)20-14(12-17-10-6-7-15(17)19)11-16-8-4-2-3-5-9-16/h14H,2-12H2,1H3/t14-/m0/s1. The predicted molar refractivity (Wildman–Crippen MR) is 76.3 cm³/mol. The Morgan fingerprint density at radius 2 is 1.80 bits per heavy atom. The number of rotatable bonds is 5. The molecule has 0 unspecified atom stereocenters. The minimum atomic E-state index is -0.253. The van der Waals surface area contributed by atoms with Gasteiger partial charge in [-0.25, -0.2) is 0 Å². The van der Waals surface area contributed by atoms with Crippen LogP contribution in [0.1, 0.15) is 45.4 Å². The summed E-state index contributed by atoms with van der Waals surface area (Å²) < 4.78 is 5.43. The van der Waals surface area contributed by atoms with Crippen molar-refractivity contribution in [2.24, 2.45) is 0 Å². The number of ether oxygens (including phenoxy) is 1. The van der Waals surface area contributed by atoms with Gasteiger partial charge in [0.05, 0.1) is 6.54 Å². The number of amides is 1. The van der Waals surface area contributed by atoms with Crippen LogP contribution < -0.4 is 0 Å². The van der Waals surface area contributed by atoms with Gasteiger partial charge < -0.3 is 9.64 Å². The van der Waals surface area contributed by atoms with Gasteiger partial charge in [-0.1, -0.05) is 12.8 Å². The Kier molecular flexibility index (Phi) is 5.83. The Balaban J connectivity index is 1.88. The summed E-state index contributed by atoms with van der Waals surface area (Å²) in [5.41, 5.74) is 0. The minimum absolute atomic E-state index is 0.187. The normalized spacial score (nSPS) is 22.6. The SMILES string of the molecule is CC(=O)O[C@@H](CN1CCCCCC1)CN1CCCC1=O. The van der Waals surface area contributed by atoms with E-state index in [4.69, 9.17) is 4.74 Å². The van der Waals surface area contributed by atoms with E-state index in [9.17, 15) is 9.59 Å². The molecule has 0 aromatic rings. The van der Waals surface area contributed by atoms with Gasteiger partial charge in [-0.15, -0.1) is 0 Å². The van der Waals surface area contributed by atoms with E-state index in [0.717, 1.165) is 32.6 Å². The van der Waals surface area contributed by atoms with Crippen molar-refractivity contribution in [3.05, 3.63) is 0 Å². The third-order valence-corrected chi connectivity index (χ3v) is 4.09. The molecule has 0 spiro atoms. The van der Waals surface area contributed by atoms with E-state index >= 15 is 0 Å². The van der Waals surface area contributed by atoms with Crippen LogP contribution in [0.4, 0.5) is 0 Å². The maximum absolute atomic E-state index is 11.7. The third kappa shape index (κ3) is 4.78. The molecule has 2 aliphatic rings. The first kappa shape index (κ1) is 15.3. The molecule has 20 heavy (non-hydrogen) atoms. The summed E-state index contributed by atoms with van der Waals surface area (Å²) in [5.74, 6) is -0.0607. The lowest BCUT2D eigenvalue weighted by molar-refractivity contribution is -0.150. The van der Waals surface area contributed by atoms with Crippen LogP contribution in [0, 0.1) is 0 Å². The molecule has 0 aliphatic carbocycles. The fourth-order valence-electron chi connectivity index (χ4n) is 3.12. The van der Waals surface area contributed by atoms with Gasteiger partial charge in [0.25, 0.3) is 0 Å². The molecule has 0 bridgehead atoms. The van der Waals surface area contributed by atoms with Crippen LogP contribution in [0.15, 0.2) is 0 Å². The monoisotopic (exact) mass is 282 g/mol. The fraction of sp³-hybridized carbons (Fsp3) is 0.867. The van der Waals surface area contributed by atoms with E-state index < -0.39 is 0 Å². The van der Waals surface area contributed by atoms with Crippen LogP contribution >= 0.6 is 0 Å². The number of hydrogen-bond acceptors (Lipinski definition) is 4. The van der Waals surface area contributed by atoms with E-state index in [0.29, 0.717) is 13.0 Å². The Bertz CT molecular complexity index is 338. The summed E-state index contributed by atoms with van der Waals surface area (Å²) in [6.07, 6.45) is 6.39. The van der Waals surface area contributed by atoms with Crippen molar-refractivity contribution in [1.29, 1.82) is 0 Å². The largest absolute Gasteiger partial charge is 0.459 e. The lowest BCUT2D eigenvalue weighted by atomic mass is 10.2. The van der Waals surface area contributed by atoms with E-state index in [1.54, 1.807) is 0 Å². The maximum Gasteiger partial charge on any atom is 0.303 e. The van der Waals surface area contributed by atoms with Gasteiger partial charge in [0.1, 0.15) is 6.10 Å². The molecule has 0 radical (unpaired) electrons. The smallest absolute Gasteiger partial charge is 0.303 e. The van der Waals surface area contributed by atoms with Crippen molar-refractivity contribution in [3.8, 4) is 0 Å². The zero-order valence-electron chi connectivity index (χ0n) is 12.5. The first-order chi connectivity index (χ1) is 9.65. The van der Waals surface area contributed by atoms with Crippen LogP contribution in [0.25, 0.3) is 0 Å². The molecular weight excluding hydrogens is 256 g/mol. The van der Waals surface area contributed by atoms with Crippen LogP contribution in [-0.2, 0) is 14.3 Å². The van der Waals surface area contributed by atoms with Gasteiger partial charge in [-0.2, -0.15) is 0 Å². The Morgan fingerprint density at radius 3 is 2.35 bits per heavy atom. The van der Waals surface area contributed by atoms with Crippen molar-refractivity contribution in [3.63, 3.8) is 0 Å². The topological polar surface area (TPSA) is 49.9 Å². The molecule has 0 aromatic heterocycles. The van der Waals surface area contributed by atoms with Crippen LogP contribution in [0.2, 0.25) is 0 Å². The quantitative estimate of drug-likeness (QED) is 0.716. The van der Waals surface area contributed by atoms with Crippen LogP contribution in [-0.4, -0.2) is 60.5 Å². The molecule has 0 aromatic carbocycles. The highest BCUT2D eigenvalue weighted by Gasteiger charge is 2.26. The van der Waals surface area contributed by atoms with Gasteiger partial charge in [0.15, 0.2) is 0 Å². The van der Waals surface area contributed by atoms with Gasteiger partial charge in [0.2, 0.25) is 5.91 Å². The highest BCUT2D eigenvalue weighted by atomic mass is 16.5. The molecule has 2 rings (SSSR count). The fourth-order valence-corrected chi connectivity index (χ4v) is 3.12. The highest BCUT2D eigenvalue weighted by molar-refractivity contribution is 5.78. The van der Waals surface area contributed by atoms with Gasteiger partial charge in [-0.3, -0.25) is 14.5 Å². The number of carbonyl (C=O) groups is 2. The van der Waals surface area contributed by atoms with Gasteiger partial charge in [0, 0.05) is 26.4 Å².